The van der Waals surface area contributed by atoms with E-state index in [4.69, 9.17) is 27.9 Å². The zero-order chi connectivity index (χ0) is 15.5. The molecule has 1 aromatic carbocycles. The summed E-state index contributed by atoms with van der Waals surface area (Å²) in [5, 5.41) is 4.33. The third kappa shape index (κ3) is 3.72. The number of hydrogen-bond acceptors (Lipinski definition) is 4. The summed E-state index contributed by atoms with van der Waals surface area (Å²) in [6, 6.07) is 4.88. The standard InChI is InChI=1S/C15H14Cl2N2O2S/c16-9-5-6-10(17)12(7-9)21-8-14(20)19-15-18-11-3-1-2-4-13(11)22-15/h5-7H,1-4,8H2,(H,18,19,20). The van der Waals surface area contributed by atoms with Gasteiger partial charge in [0.2, 0.25) is 0 Å². The number of nitrogens with zero attached hydrogens (tertiary/aromatic N) is 1. The Bertz CT molecular complexity index is 679. The van der Waals surface area contributed by atoms with Gasteiger partial charge in [-0.1, -0.05) is 23.2 Å². The zero-order valence-corrected chi connectivity index (χ0v) is 14.0. The number of carbonyl (C=O) groups excluding carboxylic acids is 1. The summed E-state index contributed by atoms with van der Waals surface area (Å²) in [4.78, 5) is 17.7. The van der Waals surface area contributed by atoms with Crippen molar-refractivity contribution in [3.63, 3.8) is 0 Å². The van der Waals surface area contributed by atoms with Gasteiger partial charge < -0.3 is 4.74 Å². The van der Waals surface area contributed by atoms with Crippen LogP contribution < -0.4 is 10.1 Å². The highest BCUT2D eigenvalue weighted by molar-refractivity contribution is 7.15. The second-order valence-corrected chi connectivity index (χ2v) is 6.93. The number of fused-ring (bicyclic) bond motifs is 1. The van der Waals surface area contributed by atoms with Crippen LogP contribution in [0.25, 0.3) is 0 Å². The van der Waals surface area contributed by atoms with Crippen LogP contribution in [-0.4, -0.2) is 17.5 Å². The van der Waals surface area contributed by atoms with Gasteiger partial charge in [0, 0.05) is 16.0 Å². The molecule has 0 spiro atoms. The van der Waals surface area contributed by atoms with E-state index in [0.717, 1.165) is 18.5 Å². The molecule has 0 saturated heterocycles. The molecule has 22 heavy (non-hydrogen) atoms. The molecule has 1 aliphatic carbocycles. The van der Waals surface area contributed by atoms with E-state index in [9.17, 15) is 4.79 Å². The second-order valence-electron chi connectivity index (χ2n) is 5.01. The molecule has 3 rings (SSSR count). The normalized spacial score (nSPS) is 13.5. The third-order valence-corrected chi connectivity index (χ3v) is 4.96. The molecule has 1 amide bonds. The van der Waals surface area contributed by atoms with E-state index >= 15 is 0 Å². The fraction of sp³-hybridized carbons (Fsp3) is 0.333. The minimum absolute atomic E-state index is 0.135. The number of nitrogens with one attached hydrogen (secondary N) is 1. The smallest absolute Gasteiger partial charge is 0.264 e. The predicted molar refractivity (Wildman–Crippen MR) is 89.3 cm³/mol. The van der Waals surface area contributed by atoms with Crippen LogP contribution in [0.15, 0.2) is 18.2 Å². The molecule has 0 atom stereocenters. The summed E-state index contributed by atoms with van der Waals surface area (Å²) >= 11 is 13.4. The Balaban J connectivity index is 1.58. The van der Waals surface area contributed by atoms with Crippen LogP contribution in [0.5, 0.6) is 5.75 Å². The highest BCUT2D eigenvalue weighted by Crippen LogP contribution is 2.30. The van der Waals surface area contributed by atoms with Crippen LogP contribution in [-0.2, 0) is 17.6 Å². The number of thiazole rings is 1. The summed E-state index contributed by atoms with van der Waals surface area (Å²) in [7, 11) is 0. The van der Waals surface area contributed by atoms with Gasteiger partial charge in [-0.15, -0.1) is 11.3 Å². The van der Waals surface area contributed by atoms with Crippen molar-refractivity contribution < 1.29 is 9.53 Å². The molecule has 7 heteroatoms. The molecule has 0 unspecified atom stereocenters. The lowest BCUT2D eigenvalue weighted by atomic mass is 10.0. The molecular weight excluding hydrogens is 343 g/mol. The van der Waals surface area contributed by atoms with Crippen LogP contribution in [0.1, 0.15) is 23.4 Å². The van der Waals surface area contributed by atoms with E-state index < -0.39 is 0 Å². The van der Waals surface area contributed by atoms with Gasteiger partial charge in [0.25, 0.3) is 5.91 Å². The summed E-state index contributed by atoms with van der Waals surface area (Å²) in [5.74, 6) is 0.130. The van der Waals surface area contributed by atoms with E-state index in [1.54, 1.807) is 29.5 Å². The maximum absolute atomic E-state index is 11.9. The summed E-state index contributed by atoms with van der Waals surface area (Å²) < 4.78 is 5.40. The molecule has 116 valence electrons. The summed E-state index contributed by atoms with van der Waals surface area (Å²) in [6.45, 7) is -0.135. The Morgan fingerprint density at radius 1 is 1.32 bits per heavy atom. The van der Waals surface area contributed by atoms with E-state index in [2.05, 4.69) is 10.3 Å². The van der Waals surface area contributed by atoms with Crippen LogP contribution in [0.2, 0.25) is 10.0 Å². The molecule has 1 N–H and O–H groups in total. The van der Waals surface area contributed by atoms with Crippen molar-refractivity contribution in [2.45, 2.75) is 25.7 Å². The van der Waals surface area contributed by atoms with Crippen molar-refractivity contribution in [2.24, 2.45) is 0 Å². The van der Waals surface area contributed by atoms with Gasteiger partial charge in [0.1, 0.15) is 5.75 Å². The number of anilines is 1. The average molecular weight is 357 g/mol. The zero-order valence-electron chi connectivity index (χ0n) is 11.7. The average Bonchev–Trinajstić information content (AvgIpc) is 2.90. The first-order valence-electron chi connectivity index (χ1n) is 6.98. The summed E-state index contributed by atoms with van der Waals surface area (Å²) in [6.07, 6.45) is 4.41. The van der Waals surface area contributed by atoms with Crippen molar-refractivity contribution in [3.05, 3.63) is 38.8 Å². The molecule has 4 nitrogen and oxygen atoms in total. The number of aromatic nitrogens is 1. The highest BCUT2D eigenvalue weighted by Gasteiger charge is 2.16. The minimum atomic E-state index is -0.262. The maximum Gasteiger partial charge on any atom is 0.264 e. The van der Waals surface area contributed by atoms with Gasteiger partial charge in [-0.2, -0.15) is 0 Å². The van der Waals surface area contributed by atoms with Crippen LogP contribution in [0.4, 0.5) is 5.13 Å². The Labute approximate surface area is 142 Å². The number of rotatable bonds is 4. The number of amides is 1. The first-order valence-corrected chi connectivity index (χ1v) is 8.55. The molecule has 0 bridgehead atoms. The quantitative estimate of drug-likeness (QED) is 0.885. The molecular formula is C15H14Cl2N2O2S. The van der Waals surface area contributed by atoms with Crippen LogP contribution >= 0.6 is 34.5 Å². The van der Waals surface area contributed by atoms with Gasteiger partial charge in [0.15, 0.2) is 11.7 Å². The van der Waals surface area contributed by atoms with Crippen LogP contribution in [0.3, 0.4) is 0 Å². The Morgan fingerprint density at radius 3 is 2.95 bits per heavy atom. The Morgan fingerprint density at radius 2 is 2.14 bits per heavy atom. The molecule has 1 aromatic heterocycles. The van der Waals surface area contributed by atoms with Gasteiger partial charge >= 0.3 is 0 Å². The van der Waals surface area contributed by atoms with Crippen molar-refractivity contribution in [2.75, 3.05) is 11.9 Å². The molecule has 1 aliphatic rings. The number of ether oxygens (including phenoxy) is 1. The van der Waals surface area contributed by atoms with Gasteiger partial charge in [-0.05, 0) is 37.8 Å². The van der Waals surface area contributed by atoms with Crippen molar-refractivity contribution in [3.8, 4) is 5.75 Å². The Kier molecular flexibility index (Phi) is 4.86. The molecule has 1 heterocycles. The predicted octanol–water partition coefficient (Wildman–Crippen LogP) is 4.35. The molecule has 0 aliphatic heterocycles. The molecule has 0 radical (unpaired) electrons. The van der Waals surface area contributed by atoms with E-state index in [1.807, 2.05) is 0 Å². The monoisotopic (exact) mass is 356 g/mol. The fourth-order valence-electron chi connectivity index (χ4n) is 2.29. The Hall–Kier alpha value is -1.30. The number of hydrogen-bond donors (Lipinski definition) is 1. The van der Waals surface area contributed by atoms with E-state index in [-0.39, 0.29) is 12.5 Å². The summed E-state index contributed by atoms with van der Waals surface area (Å²) in [5.41, 5.74) is 1.12. The molecule has 0 fully saturated rings. The maximum atomic E-state index is 11.9. The topological polar surface area (TPSA) is 51.2 Å². The number of aryl methyl sites for hydroxylation is 2. The second kappa shape index (κ2) is 6.86. The largest absolute Gasteiger partial charge is 0.482 e. The lowest BCUT2D eigenvalue weighted by molar-refractivity contribution is -0.118. The van der Waals surface area contributed by atoms with Crippen molar-refractivity contribution in [1.29, 1.82) is 0 Å². The van der Waals surface area contributed by atoms with E-state index in [0.29, 0.717) is 20.9 Å². The minimum Gasteiger partial charge on any atom is -0.482 e. The van der Waals surface area contributed by atoms with Crippen LogP contribution in [0, 0.1) is 0 Å². The van der Waals surface area contributed by atoms with Crippen molar-refractivity contribution in [1.82, 2.24) is 4.98 Å². The number of carbonyl (C=O) groups is 1. The number of benzene rings is 1. The molecule has 0 saturated carbocycles. The van der Waals surface area contributed by atoms with Gasteiger partial charge in [-0.25, -0.2) is 4.98 Å². The number of halogens is 2. The van der Waals surface area contributed by atoms with E-state index in [1.165, 1.54) is 17.7 Å². The lowest BCUT2D eigenvalue weighted by Gasteiger charge is -2.07. The fourth-order valence-corrected chi connectivity index (χ4v) is 3.69. The first-order chi connectivity index (χ1) is 10.6. The first kappa shape index (κ1) is 15.6. The highest BCUT2D eigenvalue weighted by atomic mass is 35.5. The van der Waals surface area contributed by atoms with Gasteiger partial charge in [0.05, 0.1) is 10.7 Å². The third-order valence-electron chi connectivity index (χ3n) is 3.34. The lowest BCUT2D eigenvalue weighted by Crippen LogP contribution is -2.20. The van der Waals surface area contributed by atoms with Gasteiger partial charge in [-0.3, -0.25) is 10.1 Å². The van der Waals surface area contributed by atoms with Crippen molar-refractivity contribution >= 4 is 45.6 Å². The SMILES string of the molecule is O=C(COc1cc(Cl)ccc1Cl)Nc1nc2c(s1)CCCC2. The molecule has 2 aromatic rings.